The number of likely N-dealkylation sites (tertiary alicyclic amines) is 1. The second-order valence-electron chi connectivity index (χ2n) is 5.43. The third kappa shape index (κ3) is 5.21. The molecule has 1 atom stereocenters. The lowest BCUT2D eigenvalue weighted by Crippen LogP contribution is -2.40. The Labute approximate surface area is 136 Å². The van der Waals surface area contributed by atoms with Crippen LogP contribution in [0.1, 0.15) is 12.8 Å². The molecular formula is C15H22N2O3S2. The highest BCUT2D eigenvalue weighted by molar-refractivity contribution is 7.99. The highest BCUT2D eigenvalue weighted by Crippen LogP contribution is 2.18. The van der Waals surface area contributed by atoms with E-state index in [1.54, 1.807) is 16.7 Å². The van der Waals surface area contributed by atoms with Crippen LogP contribution in [-0.2, 0) is 9.84 Å². The van der Waals surface area contributed by atoms with Gasteiger partial charge in [-0.1, -0.05) is 18.2 Å². The van der Waals surface area contributed by atoms with Crippen LogP contribution in [0.5, 0.6) is 0 Å². The zero-order valence-corrected chi connectivity index (χ0v) is 14.3. The molecule has 22 heavy (non-hydrogen) atoms. The quantitative estimate of drug-likeness (QED) is 0.634. The Bertz CT molecular complexity index is 590. The van der Waals surface area contributed by atoms with Crippen molar-refractivity contribution in [3.05, 3.63) is 30.3 Å². The number of nitrogens with one attached hydrogen (secondary N) is 1. The van der Waals surface area contributed by atoms with E-state index in [1.165, 1.54) is 11.2 Å². The maximum atomic E-state index is 12.0. The molecule has 1 fully saturated rings. The van der Waals surface area contributed by atoms with Crippen molar-refractivity contribution in [1.82, 2.24) is 10.2 Å². The number of sulfone groups is 1. The first-order chi connectivity index (χ1) is 10.5. The van der Waals surface area contributed by atoms with Crippen LogP contribution < -0.4 is 5.32 Å². The molecule has 1 saturated heterocycles. The lowest BCUT2D eigenvalue weighted by molar-refractivity contribution is 0.209. The zero-order chi connectivity index (χ0) is 16.0. The number of amides is 2. The highest BCUT2D eigenvalue weighted by Gasteiger charge is 2.32. The summed E-state index contributed by atoms with van der Waals surface area (Å²) in [7, 11) is -3.05. The third-order valence-corrected chi connectivity index (χ3v) is 6.34. The minimum absolute atomic E-state index is 0.157. The summed E-state index contributed by atoms with van der Waals surface area (Å²) in [5.41, 5.74) is 0. The number of hydrogen-bond donors (Lipinski definition) is 1. The molecule has 0 unspecified atom stereocenters. The van der Waals surface area contributed by atoms with Crippen molar-refractivity contribution in [2.24, 2.45) is 0 Å². The van der Waals surface area contributed by atoms with Crippen molar-refractivity contribution >= 4 is 27.6 Å². The Kier molecular flexibility index (Phi) is 6.14. The van der Waals surface area contributed by atoms with Gasteiger partial charge in [-0.05, 0) is 30.7 Å². The topological polar surface area (TPSA) is 66.5 Å². The maximum absolute atomic E-state index is 12.0. The average Bonchev–Trinajstić information content (AvgIpc) is 2.98. The van der Waals surface area contributed by atoms with Gasteiger partial charge in [-0.2, -0.15) is 0 Å². The molecule has 2 rings (SSSR count). The number of carbonyl (C=O) groups is 1. The molecule has 0 spiro atoms. The molecule has 2 amide bonds. The predicted octanol–water partition coefficient (Wildman–Crippen LogP) is 2.00. The monoisotopic (exact) mass is 342 g/mol. The number of benzene rings is 1. The number of urea groups is 1. The van der Waals surface area contributed by atoms with E-state index < -0.39 is 15.1 Å². The first-order valence-corrected chi connectivity index (χ1v) is 10.3. The van der Waals surface area contributed by atoms with Gasteiger partial charge in [0.25, 0.3) is 0 Å². The summed E-state index contributed by atoms with van der Waals surface area (Å²) in [6, 6.07) is 9.99. The predicted molar refractivity (Wildman–Crippen MR) is 90.0 cm³/mol. The van der Waals surface area contributed by atoms with Crippen molar-refractivity contribution in [2.75, 3.05) is 31.6 Å². The lowest BCUT2D eigenvalue weighted by Gasteiger charge is -2.17. The van der Waals surface area contributed by atoms with E-state index in [0.29, 0.717) is 26.1 Å². The van der Waals surface area contributed by atoms with Gasteiger partial charge < -0.3 is 10.2 Å². The number of carbonyl (C=O) groups excluding carboxylic acids is 1. The van der Waals surface area contributed by atoms with E-state index in [4.69, 9.17) is 0 Å². The second kappa shape index (κ2) is 7.87. The van der Waals surface area contributed by atoms with Gasteiger partial charge in [0.15, 0.2) is 9.84 Å². The molecule has 0 radical (unpaired) electrons. The van der Waals surface area contributed by atoms with Gasteiger partial charge in [-0.15, -0.1) is 11.8 Å². The van der Waals surface area contributed by atoms with Crippen LogP contribution in [-0.4, -0.2) is 56.2 Å². The van der Waals surface area contributed by atoms with Crippen LogP contribution in [0.2, 0.25) is 0 Å². The molecule has 0 aromatic heterocycles. The van der Waals surface area contributed by atoms with Crippen LogP contribution in [0.15, 0.2) is 35.2 Å². The summed E-state index contributed by atoms with van der Waals surface area (Å²) in [5, 5.41) is 2.45. The normalized spacial score (nSPS) is 18.4. The van der Waals surface area contributed by atoms with Crippen LogP contribution in [0, 0.1) is 0 Å². The van der Waals surface area contributed by atoms with Crippen molar-refractivity contribution in [3.8, 4) is 0 Å². The standard InChI is InChI=1S/C15H22N2O3S2/c1-22(19,20)14-8-10-17(12-14)15(18)16-9-5-11-21-13-6-3-2-4-7-13/h2-4,6-7,14H,5,8-12H2,1H3,(H,16,18)/t14-/m0/s1. The molecule has 1 aliphatic heterocycles. The van der Waals surface area contributed by atoms with Crippen LogP contribution in [0.4, 0.5) is 4.79 Å². The zero-order valence-electron chi connectivity index (χ0n) is 12.7. The largest absolute Gasteiger partial charge is 0.338 e. The third-order valence-electron chi connectivity index (χ3n) is 3.65. The van der Waals surface area contributed by atoms with Gasteiger partial charge in [0, 0.05) is 30.8 Å². The fourth-order valence-corrected chi connectivity index (χ4v) is 4.21. The minimum atomic E-state index is -3.05. The molecule has 1 aromatic carbocycles. The van der Waals surface area contributed by atoms with E-state index >= 15 is 0 Å². The first-order valence-electron chi connectivity index (χ1n) is 7.36. The molecule has 1 heterocycles. The van der Waals surface area contributed by atoms with E-state index in [9.17, 15) is 13.2 Å². The summed E-state index contributed by atoms with van der Waals surface area (Å²) in [6.07, 6.45) is 2.66. The molecule has 0 saturated carbocycles. The van der Waals surface area contributed by atoms with E-state index in [2.05, 4.69) is 17.4 Å². The van der Waals surface area contributed by atoms with Crippen molar-refractivity contribution in [1.29, 1.82) is 0 Å². The molecule has 0 aliphatic carbocycles. The highest BCUT2D eigenvalue weighted by atomic mass is 32.2. The molecule has 122 valence electrons. The Morgan fingerprint density at radius 2 is 2.09 bits per heavy atom. The second-order valence-corrected chi connectivity index (χ2v) is 8.93. The fourth-order valence-electron chi connectivity index (χ4n) is 2.35. The van der Waals surface area contributed by atoms with Gasteiger partial charge in [-0.25, -0.2) is 13.2 Å². The molecule has 5 nitrogen and oxygen atoms in total. The Morgan fingerprint density at radius 1 is 1.36 bits per heavy atom. The van der Waals surface area contributed by atoms with Gasteiger partial charge in [0.05, 0.1) is 5.25 Å². The van der Waals surface area contributed by atoms with Gasteiger partial charge >= 0.3 is 6.03 Å². The Hall–Kier alpha value is -1.21. The van der Waals surface area contributed by atoms with Gasteiger partial charge in [0.2, 0.25) is 0 Å². The van der Waals surface area contributed by atoms with E-state index in [1.807, 2.05) is 18.2 Å². The van der Waals surface area contributed by atoms with Crippen molar-refractivity contribution in [3.63, 3.8) is 0 Å². The van der Waals surface area contributed by atoms with Gasteiger partial charge in [-0.3, -0.25) is 0 Å². The molecule has 1 N–H and O–H groups in total. The van der Waals surface area contributed by atoms with Crippen LogP contribution >= 0.6 is 11.8 Å². The summed E-state index contributed by atoms with van der Waals surface area (Å²) in [6.45, 7) is 1.43. The van der Waals surface area contributed by atoms with Crippen molar-refractivity contribution in [2.45, 2.75) is 23.0 Å². The molecule has 1 aliphatic rings. The summed E-state index contributed by atoms with van der Waals surface area (Å²) in [4.78, 5) is 14.8. The lowest BCUT2D eigenvalue weighted by atomic mass is 10.4. The van der Waals surface area contributed by atoms with Crippen LogP contribution in [0.25, 0.3) is 0 Å². The fraction of sp³-hybridized carbons (Fsp3) is 0.533. The van der Waals surface area contributed by atoms with Crippen LogP contribution in [0.3, 0.4) is 0 Å². The Balaban J connectivity index is 1.62. The summed E-state index contributed by atoms with van der Waals surface area (Å²) >= 11 is 1.76. The first kappa shape index (κ1) is 17.1. The summed E-state index contributed by atoms with van der Waals surface area (Å²) in [5.74, 6) is 0.941. The average molecular weight is 342 g/mol. The molecular weight excluding hydrogens is 320 g/mol. The number of rotatable bonds is 6. The molecule has 1 aromatic rings. The Morgan fingerprint density at radius 3 is 2.73 bits per heavy atom. The smallest absolute Gasteiger partial charge is 0.317 e. The SMILES string of the molecule is CS(=O)(=O)[C@H]1CCN(C(=O)NCCCSc2ccccc2)C1. The minimum Gasteiger partial charge on any atom is -0.338 e. The molecule has 0 bridgehead atoms. The van der Waals surface area contributed by atoms with E-state index in [-0.39, 0.29) is 6.03 Å². The number of nitrogens with zero attached hydrogens (tertiary/aromatic N) is 1. The number of thioether (sulfide) groups is 1. The van der Waals surface area contributed by atoms with Crippen molar-refractivity contribution < 1.29 is 13.2 Å². The molecule has 7 heteroatoms. The number of hydrogen-bond acceptors (Lipinski definition) is 4. The van der Waals surface area contributed by atoms with Gasteiger partial charge in [0.1, 0.15) is 0 Å². The maximum Gasteiger partial charge on any atom is 0.317 e. The summed E-state index contributed by atoms with van der Waals surface area (Å²) < 4.78 is 22.9. The van der Waals surface area contributed by atoms with E-state index in [0.717, 1.165) is 12.2 Å².